The Morgan fingerprint density at radius 2 is 2.00 bits per heavy atom. The largest absolute Gasteiger partial charge is 0.459 e. The van der Waals surface area contributed by atoms with Crippen LogP contribution in [-0.2, 0) is 10.0 Å². The summed E-state index contributed by atoms with van der Waals surface area (Å²) >= 11 is 5.75. The zero-order valence-corrected chi connectivity index (χ0v) is 12.4. The molecule has 0 atom stereocenters. The third-order valence-corrected chi connectivity index (χ3v) is 4.25. The third kappa shape index (κ3) is 4.32. The minimum Gasteiger partial charge on any atom is -0.459 e. The molecule has 2 N–H and O–H groups in total. The summed E-state index contributed by atoms with van der Waals surface area (Å²) in [7, 11) is -3.64. The van der Waals surface area contributed by atoms with Gasteiger partial charge in [-0.3, -0.25) is 4.79 Å². The summed E-state index contributed by atoms with van der Waals surface area (Å²) in [6.45, 7) is 0.195. The van der Waals surface area contributed by atoms with Crippen LogP contribution in [-0.4, -0.2) is 27.4 Å². The maximum Gasteiger partial charge on any atom is 0.287 e. The molecule has 0 radical (unpaired) electrons. The zero-order chi connectivity index (χ0) is 15.3. The van der Waals surface area contributed by atoms with Crippen molar-refractivity contribution in [1.82, 2.24) is 10.0 Å². The molecule has 1 heterocycles. The number of hydrogen-bond donors (Lipinski definition) is 2. The number of nitrogens with one attached hydrogen (secondary N) is 2. The van der Waals surface area contributed by atoms with Crippen molar-refractivity contribution < 1.29 is 17.6 Å². The second-order valence-electron chi connectivity index (χ2n) is 4.09. The molecule has 0 bridgehead atoms. The molecule has 2 rings (SSSR count). The number of hydrogen-bond acceptors (Lipinski definition) is 4. The smallest absolute Gasteiger partial charge is 0.287 e. The topological polar surface area (TPSA) is 88.4 Å². The number of sulfonamides is 1. The van der Waals surface area contributed by atoms with Gasteiger partial charge in [-0.15, -0.1) is 0 Å². The molecule has 2 aromatic rings. The van der Waals surface area contributed by atoms with Gasteiger partial charge in [-0.2, -0.15) is 0 Å². The molecule has 0 saturated heterocycles. The van der Waals surface area contributed by atoms with Crippen LogP contribution in [0.25, 0.3) is 0 Å². The van der Waals surface area contributed by atoms with Gasteiger partial charge >= 0.3 is 0 Å². The number of rotatable bonds is 6. The minimum absolute atomic E-state index is 0.0568. The highest BCUT2D eigenvalue weighted by Crippen LogP contribution is 2.14. The predicted octanol–water partition coefficient (Wildman–Crippen LogP) is 1.64. The van der Waals surface area contributed by atoms with Gasteiger partial charge in [0.25, 0.3) is 5.91 Å². The molecule has 0 aliphatic carbocycles. The van der Waals surface area contributed by atoms with Crippen LogP contribution in [0, 0.1) is 0 Å². The number of carbonyl (C=O) groups is 1. The van der Waals surface area contributed by atoms with E-state index in [1.165, 1.54) is 24.5 Å². The first kappa shape index (κ1) is 15.6. The molecule has 1 aromatic carbocycles. The van der Waals surface area contributed by atoms with Gasteiger partial charge in [0.05, 0.1) is 11.2 Å². The second kappa shape index (κ2) is 6.75. The second-order valence-corrected chi connectivity index (χ2v) is 6.29. The van der Waals surface area contributed by atoms with Crippen LogP contribution >= 0.6 is 11.6 Å². The number of benzene rings is 1. The zero-order valence-electron chi connectivity index (χ0n) is 10.9. The highest BCUT2D eigenvalue weighted by atomic mass is 35.5. The molecule has 21 heavy (non-hydrogen) atoms. The lowest BCUT2D eigenvalue weighted by Gasteiger charge is -2.07. The first-order valence-electron chi connectivity index (χ1n) is 6.06. The maximum atomic E-state index is 12.0. The van der Waals surface area contributed by atoms with Crippen LogP contribution in [0.5, 0.6) is 0 Å². The number of furan rings is 1. The summed E-state index contributed by atoms with van der Waals surface area (Å²) in [6.07, 6.45) is 1.39. The average Bonchev–Trinajstić information content (AvgIpc) is 2.97. The van der Waals surface area contributed by atoms with E-state index in [-0.39, 0.29) is 23.7 Å². The van der Waals surface area contributed by atoms with Gasteiger partial charge in [-0.05, 0) is 30.3 Å². The van der Waals surface area contributed by atoms with Crippen molar-refractivity contribution >= 4 is 27.5 Å². The van der Waals surface area contributed by atoms with Crippen molar-refractivity contribution in [1.29, 1.82) is 0 Å². The molecule has 0 fully saturated rings. The molecule has 0 aliphatic rings. The Labute approximate surface area is 127 Å². The van der Waals surface area contributed by atoms with Gasteiger partial charge in [0.1, 0.15) is 0 Å². The Hall–Kier alpha value is -1.83. The van der Waals surface area contributed by atoms with E-state index in [4.69, 9.17) is 16.0 Å². The van der Waals surface area contributed by atoms with Crippen molar-refractivity contribution in [3.8, 4) is 0 Å². The Morgan fingerprint density at radius 3 is 2.67 bits per heavy atom. The van der Waals surface area contributed by atoms with Crippen LogP contribution in [0.2, 0.25) is 5.02 Å². The summed E-state index contributed by atoms with van der Waals surface area (Å²) in [6, 6.07) is 9.04. The number of amides is 1. The minimum atomic E-state index is -3.64. The molecular formula is C13H13ClN2O4S. The number of halogens is 1. The SMILES string of the molecule is O=C(NCCNS(=O)(=O)c1cccc(Cl)c1)c1ccco1. The Balaban J connectivity index is 1.84. The van der Waals surface area contributed by atoms with Crippen molar-refractivity contribution in [2.45, 2.75) is 4.90 Å². The maximum absolute atomic E-state index is 12.0. The lowest BCUT2D eigenvalue weighted by atomic mass is 10.4. The van der Waals surface area contributed by atoms with Crippen molar-refractivity contribution in [2.75, 3.05) is 13.1 Å². The Kier molecular flexibility index (Phi) is 5.00. The quantitative estimate of drug-likeness (QED) is 0.789. The van der Waals surface area contributed by atoms with E-state index in [0.717, 1.165) is 0 Å². The lowest BCUT2D eigenvalue weighted by molar-refractivity contribution is 0.0926. The van der Waals surface area contributed by atoms with E-state index in [2.05, 4.69) is 10.0 Å². The summed E-state index contributed by atoms with van der Waals surface area (Å²) in [5.41, 5.74) is 0. The average molecular weight is 329 g/mol. The fourth-order valence-corrected chi connectivity index (χ4v) is 2.91. The van der Waals surface area contributed by atoms with Gasteiger partial charge < -0.3 is 9.73 Å². The van der Waals surface area contributed by atoms with Gasteiger partial charge in [-0.1, -0.05) is 17.7 Å². The van der Waals surface area contributed by atoms with E-state index in [1.807, 2.05) is 0 Å². The normalized spacial score (nSPS) is 11.3. The van der Waals surface area contributed by atoms with Crippen molar-refractivity contribution in [3.63, 3.8) is 0 Å². The first-order valence-corrected chi connectivity index (χ1v) is 7.92. The predicted molar refractivity (Wildman–Crippen MR) is 77.7 cm³/mol. The fourth-order valence-electron chi connectivity index (χ4n) is 1.57. The van der Waals surface area contributed by atoms with Crippen LogP contribution < -0.4 is 10.0 Å². The summed E-state index contributed by atoms with van der Waals surface area (Å²) in [4.78, 5) is 11.6. The first-order chi connectivity index (χ1) is 9.99. The standard InChI is InChI=1S/C13H13ClN2O4S/c14-10-3-1-4-11(9-10)21(18,19)16-7-6-15-13(17)12-5-2-8-20-12/h1-5,8-9,16H,6-7H2,(H,15,17). The van der Waals surface area contributed by atoms with Gasteiger partial charge in [-0.25, -0.2) is 13.1 Å². The van der Waals surface area contributed by atoms with E-state index in [0.29, 0.717) is 5.02 Å². The molecule has 8 heteroatoms. The van der Waals surface area contributed by atoms with E-state index >= 15 is 0 Å². The molecule has 112 valence electrons. The summed E-state index contributed by atoms with van der Waals surface area (Å²) < 4.78 is 31.2. The van der Waals surface area contributed by atoms with Crippen LogP contribution in [0.4, 0.5) is 0 Å². The molecule has 0 spiro atoms. The molecule has 1 aromatic heterocycles. The van der Waals surface area contributed by atoms with Gasteiger partial charge in [0, 0.05) is 18.1 Å². The van der Waals surface area contributed by atoms with Crippen LogP contribution in [0.1, 0.15) is 10.6 Å². The van der Waals surface area contributed by atoms with E-state index < -0.39 is 15.9 Å². The van der Waals surface area contributed by atoms with Crippen molar-refractivity contribution in [3.05, 3.63) is 53.4 Å². The molecule has 0 unspecified atom stereocenters. The van der Waals surface area contributed by atoms with Crippen LogP contribution in [0.15, 0.2) is 52.0 Å². The van der Waals surface area contributed by atoms with Gasteiger partial charge in [0.2, 0.25) is 10.0 Å². The molecule has 0 aliphatic heterocycles. The van der Waals surface area contributed by atoms with E-state index in [1.54, 1.807) is 18.2 Å². The molecule has 0 saturated carbocycles. The van der Waals surface area contributed by atoms with Crippen molar-refractivity contribution in [2.24, 2.45) is 0 Å². The Bertz CT molecular complexity index is 714. The van der Waals surface area contributed by atoms with Gasteiger partial charge in [0.15, 0.2) is 5.76 Å². The number of carbonyl (C=O) groups excluding carboxylic acids is 1. The summed E-state index contributed by atoms with van der Waals surface area (Å²) in [5.74, 6) is -0.227. The molecule has 6 nitrogen and oxygen atoms in total. The fraction of sp³-hybridized carbons (Fsp3) is 0.154. The highest BCUT2D eigenvalue weighted by molar-refractivity contribution is 7.89. The van der Waals surface area contributed by atoms with E-state index in [9.17, 15) is 13.2 Å². The lowest BCUT2D eigenvalue weighted by Crippen LogP contribution is -2.34. The van der Waals surface area contributed by atoms with Crippen LogP contribution in [0.3, 0.4) is 0 Å². The monoisotopic (exact) mass is 328 g/mol. The highest BCUT2D eigenvalue weighted by Gasteiger charge is 2.14. The third-order valence-electron chi connectivity index (χ3n) is 2.55. The summed E-state index contributed by atoms with van der Waals surface area (Å²) in [5, 5.41) is 2.87. The Morgan fingerprint density at radius 1 is 1.19 bits per heavy atom. The molecular weight excluding hydrogens is 316 g/mol. The molecule has 1 amide bonds.